The van der Waals surface area contributed by atoms with Crippen LogP contribution in [-0.2, 0) is 21.1 Å². The van der Waals surface area contributed by atoms with Crippen LogP contribution in [0.2, 0.25) is 0 Å². The van der Waals surface area contributed by atoms with Crippen LogP contribution in [0.3, 0.4) is 0 Å². The zero-order valence-electron chi connectivity index (χ0n) is 19.8. The molecule has 13 heteroatoms. The lowest BCUT2D eigenvalue weighted by molar-refractivity contribution is -0.132. The van der Waals surface area contributed by atoms with Gasteiger partial charge in [-0.25, -0.2) is 13.9 Å². The number of hydrogen-bond donors (Lipinski definition) is 3. The molecule has 1 aromatic heterocycles. The number of ether oxygens (including phenoxy) is 3. The first kappa shape index (κ1) is 25.0. The molecule has 1 fully saturated rings. The van der Waals surface area contributed by atoms with Crippen molar-refractivity contribution in [3.8, 4) is 28.6 Å². The molecule has 0 unspecified atom stereocenters. The van der Waals surface area contributed by atoms with Crippen LogP contribution in [0.4, 0.5) is 0 Å². The highest BCUT2D eigenvalue weighted by Crippen LogP contribution is 2.36. The van der Waals surface area contributed by atoms with Crippen LogP contribution in [0.15, 0.2) is 51.9 Å². The zero-order chi connectivity index (χ0) is 25.9. The Labute approximate surface area is 212 Å². The van der Waals surface area contributed by atoms with Crippen molar-refractivity contribution in [1.29, 1.82) is 0 Å². The van der Waals surface area contributed by atoms with Crippen LogP contribution in [0, 0.1) is 0 Å². The number of nitrogens with zero attached hydrogens (tertiary/aromatic N) is 2. The smallest absolute Gasteiger partial charge is 0.265 e. The van der Waals surface area contributed by atoms with E-state index >= 15 is 0 Å². The Balaban J connectivity index is 1.16. The Morgan fingerprint density at radius 3 is 2.62 bits per heavy atom. The number of rotatable bonds is 9. The summed E-state index contributed by atoms with van der Waals surface area (Å²) in [5, 5.41) is 16.2. The largest absolute Gasteiger partial charge is 0.494 e. The Bertz CT molecular complexity index is 1370. The monoisotopic (exact) mass is 530 g/mol. The molecule has 2 aliphatic rings. The van der Waals surface area contributed by atoms with Crippen molar-refractivity contribution in [2.24, 2.45) is 0 Å². The van der Waals surface area contributed by atoms with E-state index < -0.39 is 20.5 Å². The van der Waals surface area contributed by atoms with E-state index in [9.17, 15) is 18.4 Å². The van der Waals surface area contributed by atoms with Crippen molar-refractivity contribution < 1.29 is 37.2 Å². The van der Waals surface area contributed by atoms with Gasteiger partial charge in [0.15, 0.2) is 26.1 Å². The van der Waals surface area contributed by atoms with Gasteiger partial charge in [0.2, 0.25) is 18.5 Å². The molecule has 3 heterocycles. The van der Waals surface area contributed by atoms with Crippen LogP contribution in [0.5, 0.6) is 17.2 Å². The fourth-order valence-corrected chi connectivity index (χ4v) is 6.39. The van der Waals surface area contributed by atoms with Gasteiger partial charge in [-0.1, -0.05) is 5.16 Å². The number of benzene rings is 2. The van der Waals surface area contributed by atoms with E-state index in [2.05, 4.69) is 15.5 Å². The molecule has 2 aliphatic heterocycles. The standard InChI is InChI=1S/C24H26N4O8S/c29-23(27-30)24(9-11-25-12-10-24)37(31,32)18-6-4-17(5-7-18)33-13-1-2-21-26-22(28-36-21)16-3-8-19-20(14-16)35-15-34-19/h3-8,14,25,30H,1-2,9-13,15H2,(H,27,29). The molecule has 0 atom stereocenters. The highest BCUT2D eigenvalue weighted by atomic mass is 32.2. The van der Waals surface area contributed by atoms with Gasteiger partial charge in [-0.15, -0.1) is 0 Å². The molecule has 0 saturated carbocycles. The predicted octanol–water partition coefficient (Wildman–Crippen LogP) is 1.88. The number of hydrogen-bond acceptors (Lipinski definition) is 11. The van der Waals surface area contributed by atoms with E-state index in [1.807, 2.05) is 6.07 Å². The van der Waals surface area contributed by atoms with Gasteiger partial charge in [0.05, 0.1) is 11.5 Å². The minimum atomic E-state index is -4.05. The third kappa shape index (κ3) is 4.84. The van der Waals surface area contributed by atoms with Crippen molar-refractivity contribution in [1.82, 2.24) is 20.9 Å². The predicted molar refractivity (Wildman–Crippen MR) is 128 cm³/mol. The summed E-state index contributed by atoms with van der Waals surface area (Å²) in [4.78, 5) is 16.8. The van der Waals surface area contributed by atoms with Crippen LogP contribution < -0.4 is 25.0 Å². The molecule has 0 spiro atoms. The van der Waals surface area contributed by atoms with Crippen molar-refractivity contribution >= 4 is 15.7 Å². The van der Waals surface area contributed by atoms with Crippen molar-refractivity contribution in [3.63, 3.8) is 0 Å². The molecule has 3 aromatic rings. The molecule has 0 radical (unpaired) electrons. The van der Waals surface area contributed by atoms with Crippen LogP contribution in [0.1, 0.15) is 25.2 Å². The summed E-state index contributed by atoms with van der Waals surface area (Å²) < 4.78 is 46.7. The third-order valence-corrected chi connectivity index (χ3v) is 8.99. The van der Waals surface area contributed by atoms with Gasteiger partial charge < -0.3 is 24.1 Å². The van der Waals surface area contributed by atoms with Crippen LogP contribution in [-0.4, -0.2) is 60.9 Å². The maximum Gasteiger partial charge on any atom is 0.265 e. The molecule has 1 amide bonds. The van der Waals surface area contributed by atoms with Crippen molar-refractivity contribution in [2.45, 2.75) is 35.3 Å². The average molecular weight is 531 g/mol. The van der Waals surface area contributed by atoms with E-state index in [-0.39, 0.29) is 24.5 Å². The summed E-state index contributed by atoms with van der Waals surface area (Å²) in [5.74, 6) is 1.79. The quantitative estimate of drug-likeness (QED) is 0.210. The number of amides is 1. The molecular weight excluding hydrogens is 504 g/mol. The van der Waals surface area contributed by atoms with Gasteiger partial charge in [0.1, 0.15) is 5.75 Å². The van der Waals surface area contributed by atoms with Crippen molar-refractivity contribution in [2.75, 3.05) is 26.5 Å². The SMILES string of the molecule is O=C(NO)C1(S(=O)(=O)c2ccc(OCCCc3nc(-c4ccc5c(c4)OCO5)no3)cc2)CCNCC1. The Morgan fingerprint density at radius 1 is 1.11 bits per heavy atom. The van der Waals surface area contributed by atoms with Gasteiger partial charge in [-0.2, -0.15) is 4.98 Å². The zero-order valence-corrected chi connectivity index (χ0v) is 20.6. The second kappa shape index (κ2) is 10.4. The second-order valence-corrected chi connectivity index (χ2v) is 11.0. The number of nitrogens with one attached hydrogen (secondary N) is 2. The Hall–Kier alpha value is -3.68. The van der Waals surface area contributed by atoms with E-state index in [0.29, 0.717) is 61.5 Å². The van der Waals surface area contributed by atoms with E-state index in [4.69, 9.17) is 18.7 Å². The maximum atomic E-state index is 13.3. The summed E-state index contributed by atoms with van der Waals surface area (Å²) >= 11 is 0. The summed E-state index contributed by atoms with van der Waals surface area (Å²) in [6.07, 6.45) is 1.21. The molecule has 2 aromatic carbocycles. The number of piperidine rings is 1. The molecular formula is C24H26N4O8S. The number of hydroxylamine groups is 1. The lowest BCUT2D eigenvalue weighted by atomic mass is 9.96. The summed E-state index contributed by atoms with van der Waals surface area (Å²) in [6.45, 7) is 1.24. The van der Waals surface area contributed by atoms with Gasteiger partial charge in [-0.3, -0.25) is 10.0 Å². The number of sulfone groups is 1. The minimum absolute atomic E-state index is 0.00717. The molecule has 1 saturated heterocycles. The Morgan fingerprint density at radius 2 is 1.86 bits per heavy atom. The first-order valence-corrected chi connectivity index (χ1v) is 13.3. The molecule has 0 bridgehead atoms. The number of carbonyl (C=O) groups excluding carboxylic acids is 1. The molecule has 12 nitrogen and oxygen atoms in total. The van der Waals surface area contributed by atoms with Gasteiger partial charge in [0.25, 0.3) is 5.91 Å². The topological polar surface area (TPSA) is 162 Å². The lowest BCUT2D eigenvalue weighted by Gasteiger charge is -2.34. The number of fused-ring (bicyclic) bond motifs is 1. The highest BCUT2D eigenvalue weighted by Gasteiger charge is 2.51. The van der Waals surface area contributed by atoms with Crippen LogP contribution in [0.25, 0.3) is 11.4 Å². The number of aryl methyl sites for hydroxylation is 1. The van der Waals surface area contributed by atoms with E-state index in [0.717, 1.165) is 5.56 Å². The first-order chi connectivity index (χ1) is 17.9. The van der Waals surface area contributed by atoms with E-state index in [1.165, 1.54) is 17.6 Å². The summed E-state index contributed by atoms with van der Waals surface area (Å²) in [6, 6.07) is 11.3. The normalized spacial score (nSPS) is 16.4. The minimum Gasteiger partial charge on any atom is -0.494 e. The van der Waals surface area contributed by atoms with E-state index in [1.54, 1.807) is 24.3 Å². The molecule has 5 rings (SSSR count). The lowest BCUT2D eigenvalue weighted by Crippen LogP contribution is -2.57. The highest BCUT2D eigenvalue weighted by molar-refractivity contribution is 7.93. The first-order valence-electron chi connectivity index (χ1n) is 11.8. The number of aromatic nitrogens is 2. The summed E-state index contributed by atoms with van der Waals surface area (Å²) in [7, 11) is -4.05. The average Bonchev–Trinajstić information content (AvgIpc) is 3.60. The molecule has 196 valence electrons. The summed E-state index contributed by atoms with van der Waals surface area (Å²) in [5.41, 5.74) is 2.29. The second-order valence-electron chi connectivity index (χ2n) is 8.69. The van der Waals surface area contributed by atoms with Gasteiger partial charge in [0, 0.05) is 12.0 Å². The molecule has 37 heavy (non-hydrogen) atoms. The third-order valence-electron chi connectivity index (χ3n) is 6.48. The Kier molecular flexibility index (Phi) is 7.00. The molecule has 0 aliphatic carbocycles. The molecule has 3 N–H and O–H groups in total. The number of carbonyl (C=O) groups is 1. The van der Waals surface area contributed by atoms with Gasteiger partial charge in [-0.05, 0) is 74.8 Å². The van der Waals surface area contributed by atoms with Gasteiger partial charge >= 0.3 is 0 Å². The fraction of sp³-hybridized carbons (Fsp3) is 0.375. The van der Waals surface area contributed by atoms with Crippen molar-refractivity contribution in [3.05, 3.63) is 48.4 Å². The fourth-order valence-electron chi connectivity index (χ4n) is 4.41. The maximum absolute atomic E-state index is 13.3. The van der Waals surface area contributed by atoms with Crippen LogP contribution >= 0.6 is 0 Å².